The summed E-state index contributed by atoms with van der Waals surface area (Å²) in [5.41, 5.74) is 8.03. The predicted molar refractivity (Wildman–Crippen MR) is 83.9 cm³/mol. The lowest BCUT2D eigenvalue weighted by atomic mass is 10.1. The average molecular weight is 273 g/mol. The minimum atomic E-state index is 0.598. The highest BCUT2D eigenvalue weighted by Crippen LogP contribution is 2.23. The zero-order valence-corrected chi connectivity index (χ0v) is 12.7. The Hall–Kier alpha value is -1.81. The molecular weight excluding hydrogens is 250 g/mol. The number of hydrogen-bond donors (Lipinski definition) is 1. The Morgan fingerprint density at radius 1 is 1.30 bits per heavy atom. The molecular formula is C16H23N3O. The van der Waals surface area contributed by atoms with E-state index in [1.54, 1.807) is 7.11 Å². The molecule has 0 atom stereocenters. The first-order valence-corrected chi connectivity index (χ1v) is 6.91. The normalized spacial score (nSPS) is 11.5. The first kappa shape index (κ1) is 14.6. The van der Waals surface area contributed by atoms with Crippen molar-refractivity contribution in [3.8, 4) is 5.75 Å². The largest absolute Gasteiger partial charge is 0.497 e. The van der Waals surface area contributed by atoms with Crippen LogP contribution in [0.4, 0.5) is 5.82 Å². The third-order valence-corrected chi connectivity index (χ3v) is 3.25. The van der Waals surface area contributed by atoms with Crippen molar-refractivity contribution in [2.75, 3.05) is 26.4 Å². The molecule has 1 aromatic carbocycles. The van der Waals surface area contributed by atoms with Crippen molar-refractivity contribution < 1.29 is 4.74 Å². The Kier molecular flexibility index (Phi) is 4.45. The molecule has 1 aromatic heterocycles. The smallest absolute Gasteiger partial charge is 0.128 e. The number of pyridine rings is 1. The van der Waals surface area contributed by atoms with E-state index in [2.05, 4.69) is 36.8 Å². The van der Waals surface area contributed by atoms with Crippen LogP contribution in [0, 0.1) is 5.92 Å². The number of hydrogen-bond acceptors (Lipinski definition) is 4. The Bertz CT molecular complexity index is 596. The van der Waals surface area contributed by atoms with Crippen molar-refractivity contribution in [1.82, 2.24) is 9.88 Å². The molecule has 4 heteroatoms. The number of ether oxygens (including phenoxy) is 1. The molecule has 4 nitrogen and oxygen atoms in total. The fraction of sp³-hybridized carbons (Fsp3) is 0.438. The molecule has 108 valence electrons. The van der Waals surface area contributed by atoms with Crippen LogP contribution in [0.3, 0.4) is 0 Å². The van der Waals surface area contributed by atoms with E-state index in [0.29, 0.717) is 11.7 Å². The zero-order valence-electron chi connectivity index (χ0n) is 12.7. The van der Waals surface area contributed by atoms with Gasteiger partial charge in [-0.05, 0) is 31.2 Å². The number of methoxy groups -OCH3 is 1. The van der Waals surface area contributed by atoms with Gasteiger partial charge in [0.2, 0.25) is 0 Å². The molecule has 2 aromatic rings. The summed E-state index contributed by atoms with van der Waals surface area (Å²) in [5.74, 6) is 2.04. The maximum absolute atomic E-state index is 6.08. The summed E-state index contributed by atoms with van der Waals surface area (Å²) < 4.78 is 5.21. The van der Waals surface area contributed by atoms with Crippen LogP contribution in [0.25, 0.3) is 10.9 Å². The van der Waals surface area contributed by atoms with Crippen LogP contribution in [0.5, 0.6) is 5.75 Å². The Labute approximate surface area is 120 Å². The van der Waals surface area contributed by atoms with Gasteiger partial charge in [0.25, 0.3) is 0 Å². The minimum absolute atomic E-state index is 0.598. The van der Waals surface area contributed by atoms with E-state index in [4.69, 9.17) is 10.5 Å². The van der Waals surface area contributed by atoms with Gasteiger partial charge in [-0.25, -0.2) is 4.98 Å². The highest BCUT2D eigenvalue weighted by atomic mass is 16.5. The van der Waals surface area contributed by atoms with Crippen LogP contribution in [0.2, 0.25) is 0 Å². The summed E-state index contributed by atoms with van der Waals surface area (Å²) in [6.45, 7) is 6.29. The standard InChI is InChI=1S/C16H23N3O/c1-11(2)9-19(3)10-13-7-12-5-6-14(20-4)8-15(12)18-16(13)17/h5-8,11H,9-10H2,1-4H3,(H2,17,18). The highest BCUT2D eigenvalue weighted by molar-refractivity contribution is 5.82. The molecule has 20 heavy (non-hydrogen) atoms. The van der Waals surface area contributed by atoms with Crippen molar-refractivity contribution in [1.29, 1.82) is 0 Å². The lowest BCUT2D eigenvalue weighted by Gasteiger charge is -2.20. The van der Waals surface area contributed by atoms with E-state index in [1.807, 2.05) is 18.2 Å². The van der Waals surface area contributed by atoms with Gasteiger partial charge in [-0.15, -0.1) is 0 Å². The highest BCUT2D eigenvalue weighted by Gasteiger charge is 2.09. The molecule has 0 fully saturated rings. The second-order valence-corrected chi connectivity index (χ2v) is 5.68. The topological polar surface area (TPSA) is 51.4 Å². The molecule has 0 amide bonds. The average Bonchev–Trinajstić information content (AvgIpc) is 2.38. The van der Waals surface area contributed by atoms with Crippen LogP contribution in [-0.4, -0.2) is 30.6 Å². The van der Waals surface area contributed by atoms with Gasteiger partial charge >= 0.3 is 0 Å². The van der Waals surface area contributed by atoms with Crippen LogP contribution in [-0.2, 0) is 6.54 Å². The SMILES string of the molecule is COc1ccc2cc(CN(C)CC(C)C)c(N)nc2c1. The molecule has 0 unspecified atom stereocenters. The Morgan fingerprint density at radius 3 is 2.70 bits per heavy atom. The van der Waals surface area contributed by atoms with Gasteiger partial charge in [0.05, 0.1) is 12.6 Å². The number of rotatable bonds is 5. The summed E-state index contributed by atoms with van der Waals surface area (Å²) >= 11 is 0. The molecule has 0 aliphatic heterocycles. The van der Waals surface area contributed by atoms with E-state index in [1.165, 1.54) is 0 Å². The molecule has 0 aliphatic carbocycles. The van der Waals surface area contributed by atoms with E-state index in [-0.39, 0.29) is 0 Å². The van der Waals surface area contributed by atoms with E-state index < -0.39 is 0 Å². The maximum Gasteiger partial charge on any atom is 0.128 e. The lowest BCUT2D eigenvalue weighted by Crippen LogP contribution is -2.23. The van der Waals surface area contributed by atoms with Gasteiger partial charge in [-0.1, -0.05) is 13.8 Å². The zero-order chi connectivity index (χ0) is 14.7. The Balaban J connectivity index is 2.28. The second kappa shape index (κ2) is 6.09. The molecule has 0 saturated heterocycles. The van der Waals surface area contributed by atoms with Gasteiger partial charge in [0.1, 0.15) is 11.6 Å². The molecule has 0 saturated carbocycles. The third kappa shape index (κ3) is 3.39. The van der Waals surface area contributed by atoms with Gasteiger partial charge in [-0.2, -0.15) is 0 Å². The summed E-state index contributed by atoms with van der Waals surface area (Å²) in [4.78, 5) is 6.76. The van der Waals surface area contributed by atoms with E-state index >= 15 is 0 Å². The molecule has 1 heterocycles. The van der Waals surface area contributed by atoms with Crippen LogP contribution in [0.15, 0.2) is 24.3 Å². The van der Waals surface area contributed by atoms with Crippen molar-refractivity contribution in [3.05, 3.63) is 29.8 Å². The number of anilines is 1. The first-order chi connectivity index (χ1) is 9.49. The summed E-state index contributed by atoms with van der Waals surface area (Å²) in [6, 6.07) is 8.00. The molecule has 0 bridgehead atoms. The van der Waals surface area contributed by atoms with Gasteiger partial charge < -0.3 is 15.4 Å². The van der Waals surface area contributed by atoms with Crippen LogP contribution >= 0.6 is 0 Å². The monoisotopic (exact) mass is 273 g/mol. The first-order valence-electron chi connectivity index (χ1n) is 6.91. The lowest BCUT2D eigenvalue weighted by molar-refractivity contribution is 0.289. The van der Waals surface area contributed by atoms with Crippen molar-refractivity contribution in [2.45, 2.75) is 20.4 Å². The van der Waals surface area contributed by atoms with Crippen molar-refractivity contribution in [2.24, 2.45) is 5.92 Å². The molecule has 0 radical (unpaired) electrons. The third-order valence-electron chi connectivity index (χ3n) is 3.25. The maximum atomic E-state index is 6.08. The molecule has 2 N–H and O–H groups in total. The summed E-state index contributed by atoms with van der Waals surface area (Å²) in [7, 11) is 3.76. The number of nitrogen functional groups attached to an aromatic ring is 1. The minimum Gasteiger partial charge on any atom is -0.497 e. The number of nitrogens with zero attached hydrogens (tertiary/aromatic N) is 2. The quantitative estimate of drug-likeness (QED) is 0.910. The van der Waals surface area contributed by atoms with Gasteiger partial charge in [-0.3, -0.25) is 0 Å². The molecule has 2 rings (SSSR count). The predicted octanol–water partition coefficient (Wildman–Crippen LogP) is 2.91. The Morgan fingerprint density at radius 2 is 2.05 bits per heavy atom. The number of benzene rings is 1. The van der Waals surface area contributed by atoms with E-state index in [0.717, 1.165) is 35.3 Å². The number of fused-ring (bicyclic) bond motifs is 1. The van der Waals surface area contributed by atoms with E-state index in [9.17, 15) is 0 Å². The van der Waals surface area contributed by atoms with Gasteiger partial charge in [0.15, 0.2) is 0 Å². The second-order valence-electron chi connectivity index (χ2n) is 5.68. The van der Waals surface area contributed by atoms with Crippen molar-refractivity contribution in [3.63, 3.8) is 0 Å². The fourth-order valence-corrected chi connectivity index (χ4v) is 2.44. The van der Waals surface area contributed by atoms with Gasteiger partial charge in [0, 0.05) is 30.1 Å². The number of aromatic nitrogens is 1. The van der Waals surface area contributed by atoms with Crippen molar-refractivity contribution >= 4 is 16.7 Å². The summed E-state index contributed by atoms with van der Waals surface area (Å²) in [5, 5.41) is 1.09. The summed E-state index contributed by atoms with van der Waals surface area (Å²) in [6.07, 6.45) is 0. The van der Waals surface area contributed by atoms with Crippen LogP contribution in [0.1, 0.15) is 19.4 Å². The molecule has 0 aliphatic rings. The number of nitrogens with two attached hydrogens (primary N) is 1. The van der Waals surface area contributed by atoms with Crippen LogP contribution < -0.4 is 10.5 Å². The molecule has 0 spiro atoms. The fourth-order valence-electron chi connectivity index (χ4n) is 2.44.